The Labute approximate surface area is 66.3 Å². The molecule has 0 fully saturated rings. The molecule has 0 saturated carbocycles. The second kappa shape index (κ2) is 2.61. The Kier molecular flexibility index (Phi) is 1.95. The van der Waals surface area contributed by atoms with Gasteiger partial charge in [-0.15, -0.1) is 0 Å². The molecule has 0 saturated heterocycles. The van der Waals surface area contributed by atoms with Gasteiger partial charge < -0.3 is 15.3 Å². The van der Waals surface area contributed by atoms with E-state index in [1.807, 2.05) is 0 Å². The molecular formula is C6H6O4S. The van der Waals surface area contributed by atoms with Gasteiger partial charge in [-0.05, 0) is 16.8 Å². The fraction of sp³-hybridized carbons (Fsp3) is 0.167. The van der Waals surface area contributed by atoms with Crippen LogP contribution in [0.5, 0.6) is 0 Å². The molecule has 0 unspecified atom stereocenters. The molecule has 0 aliphatic heterocycles. The number of rotatable bonds is 2. The van der Waals surface area contributed by atoms with Gasteiger partial charge in [0.2, 0.25) is 0 Å². The summed E-state index contributed by atoms with van der Waals surface area (Å²) in [5, 5.41) is 29.1. The predicted octanol–water partition coefficient (Wildman–Crippen LogP) is -0.0299. The summed E-state index contributed by atoms with van der Waals surface area (Å²) in [5.41, 5.74) is -0.0185. The zero-order valence-corrected chi connectivity index (χ0v) is 6.21. The quantitative estimate of drug-likeness (QED) is 0.550. The molecule has 11 heavy (non-hydrogen) atoms. The Hall–Kier alpha value is -0.910. The Bertz CT molecular complexity index is 252. The maximum atomic E-state index is 10.2. The maximum Gasteiger partial charge on any atom is 0.369 e. The van der Waals surface area contributed by atoms with Gasteiger partial charge >= 0.3 is 5.97 Å². The summed E-state index contributed by atoms with van der Waals surface area (Å²) in [6, 6.07) is 1.35. The second-order valence-corrected chi connectivity index (χ2v) is 2.77. The van der Waals surface area contributed by atoms with Crippen molar-refractivity contribution in [1.29, 1.82) is 0 Å². The molecule has 3 N–H and O–H groups in total. The first-order valence-corrected chi connectivity index (χ1v) is 3.70. The van der Waals surface area contributed by atoms with Crippen LogP contribution in [0.25, 0.3) is 0 Å². The van der Waals surface area contributed by atoms with Gasteiger partial charge in [0, 0.05) is 5.56 Å². The van der Waals surface area contributed by atoms with E-state index in [2.05, 4.69) is 0 Å². The summed E-state index contributed by atoms with van der Waals surface area (Å²) in [6.07, 6.45) is 0. The minimum Gasteiger partial charge on any atom is -0.477 e. The number of aliphatic carboxylic acids is 1. The van der Waals surface area contributed by atoms with E-state index in [1.165, 1.54) is 22.8 Å². The van der Waals surface area contributed by atoms with Crippen molar-refractivity contribution in [3.63, 3.8) is 0 Å². The van der Waals surface area contributed by atoms with Gasteiger partial charge in [-0.2, -0.15) is 11.3 Å². The zero-order valence-electron chi connectivity index (χ0n) is 5.39. The highest BCUT2D eigenvalue weighted by Crippen LogP contribution is 2.20. The number of aliphatic hydroxyl groups is 2. The molecule has 0 amide bonds. The third kappa shape index (κ3) is 1.40. The van der Waals surface area contributed by atoms with E-state index in [-0.39, 0.29) is 5.56 Å². The fourth-order valence-corrected chi connectivity index (χ4v) is 1.28. The molecule has 0 aliphatic rings. The number of carbonyl (C=O) groups is 1. The summed E-state index contributed by atoms with van der Waals surface area (Å²) in [5.74, 6) is -4.42. The number of hydrogen-bond acceptors (Lipinski definition) is 4. The molecule has 0 atom stereocenters. The monoisotopic (exact) mass is 174 g/mol. The Morgan fingerprint density at radius 3 is 2.55 bits per heavy atom. The van der Waals surface area contributed by atoms with Crippen LogP contribution in [-0.4, -0.2) is 21.3 Å². The highest BCUT2D eigenvalue weighted by molar-refractivity contribution is 7.08. The Morgan fingerprint density at radius 2 is 2.18 bits per heavy atom. The summed E-state index contributed by atoms with van der Waals surface area (Å²) < 4.78 is 0. The third-order valence-electron chi connectivity index (χ3n) is 1.22. The van der Waals surface area contributed by atoms with Crippen molar-refractivity contribution in [2.45, 2.75) is 5.79 Å². The molecule has 1 aromatic heterocycles. The summed E-state index contributed by atoms with van der Waals surface area (Å²) in [4.78, 5) is 10.2. The van der Waals surface area contributed by atoms with Gasteiger partial charge in [0.05, 0.1) is 0 Å². The smallest absolute Gasteiger partial charge is 0.369 e. The minimum atomic E-state index is -2.75. The van der Waals surface area contributed by atoms with Crippen molar-refractivity contribution in [3.05, 3.63) is 22.4 Å². The van der Waals surface area contributed by atoms with Crippen molar-refractivity contribution < 1.29 is 20.1 Å². The van der Waals surface area contributed by atoms with Crippen LogP contribution in [0.4, 0.5) is 0 Å². The molecule has 4 nitrogen and oxygen atoms in total. The molecular weight excluding hydrogens is 168 g/mol. The summed E-state index contributed by atoms with van der Waals surface area (Å²) >= 11 is 1.20. The zero-order chi connectivity index (χ0) is 8.48. The van der Waals surface area contributed by atoms with Crippen LogP contribution in [0.3, 0.4) is 0 Å². The Balaban J connectivity index is 3.00. The molecule has 1 rings (SSSR count). The van der Waals surface area contributed by atoms with Crippen LogP contribution in [0, 0.1) is 0 Å². The van der Waals surface area contributed by atoms with Crippen LogP contribution >= 0.6 is 11.3 Å². The largest absolute Gasteiger partial charge is 0.477 e. The van der Waals surface area contributed by atoms with Crippen molar-refractivity contribution in [2.75, 3.05) is 0 Å². The highest BCUT2D eigenvalue weighted by Gasteiger charge is 2.35. The van der Waals surface area contributed by atoms with E-state index >= 15 is 0 Å². The van der Waals surface area contributed by atoms with Crippen LogP contribution in [0.2, 0.25) is 0 Å². The average Bonchev–Trinajstić information content (AvgIpc) is 2.37. The molecule has 5 heteroatoms. The lowest BCUT2D eigenvalue weighted by Gasteiger charge is -2.13. The molecule has 0 radical (unpaired) electrons. The first kappa shape index (κ1) is 8.19. The number of carboxylic acid groups (broad SMARTS) is 1. The van der Waals surface area contributed by atoms with Crippen molar-refractivity contribution in [2.24, 2.45) is 0 Å². The maximum absolute atomic E-state index is 10.2. The van der Waals surface area contributed by atoms with Crippen molar-refractivity contribution >= 4 is 17.3 Å². The first-order chi connectivity index (χ1) is 5.05. The normalized spacial score (nSPS) is 11.5. The lowest BCUT2D eigenvalue weighted by Crippen LogP contribution is -2.34. The predicted molar refractivity (Wildman–Crippen MR) is 38.1 cm³/mol. The van der Waals surface area contributed by atoms with E-state index in [4.69, 9.17) is 15.3 Å². The van der Waals surface area contributed by atoms with Gasteiger partial charge in [0.25, 0.3) is 5.79 Å². The van der Waals surface area contributed by atoms with E-state index in [0.717, 1.165) is 0 Å². The molecule has 0 bridgehead atoms. The van der Waals surface area contributed by atoms with Gasteiger partial charge in [-0.1, -0.05) is 0 Å². The van der Waals surface area contributed by atoms with Crippen molar-refractivity contribution in [1.82, 2.24) is 0 Å². The lowest BCUT2D eigenvalue weighted by molar-refractivity contribution is -0.207. The number of thiophene rings is 1. The second-order valence-electron chi connectivity index (χ2n) is 1.99. The van der Waals surface area contributed by atoms with Crippen LogP contribution in [0.1, 0.15) is 5.56 Å². The topological polar surface area (TPSA) is 77.8 Å². The van der Waals surface area contributed by atoms with Crippen LogP contribution in [-0.2, 0) is 10.6 Å². The van der Waals surface area contributed by atoms with Crippen LogP contribution in [0.15, 0.2) is 16.8 Å². The fourth-order valence-electron chi connectivity index (χ4n) is 0.586. The first-order valence-electron chi connectivity index (χ1n) is 2.76. The standard InChI is InChI=1S/C6H6O4S/c7-5(8)6(9,10)4-1-2-11-3-4/h1-3,9-10H,(H,7,8). The van der Waals surface area contributed by atoms with E-state index in [1.54, 1.807) is 5.38 Å². The van der Waals surface area contributed by atoms with E-state index in [0.29, 0.717) is 0 Å². The molecule has 1 heterocycles. The number of carboxylic acids is 1. The van der Waals surface area contributed by atoms with E-state index in [9.17, 15) is 4.79 Å². The summed E-state index contributed by atoms with van der Waals surface area (Å²) in [7, 11) is 0. The van der Waals surface area contributed by atoms with Gasteiger partial charge in [0.1, 0.15) is 0 Å². The molecule has 60 valence electrons. The average molecular weight is 174 g/mol. The molecule has 1 aromatic rings. The third-order valence-corrected chi connectivity index (χ3v) is 1.91. The summed E-state index contributed by atoms with van der Waals surface area (Å²) in [6.45, 7) is 0. The Morgan fingerprint density at radius 1 is 1.55 bits per heavy atom. The van der Waals surface area contributed by atoms with Crippen LogP contribution < -0.4 is 0 Å². The molecule has 0 aliphatic carbocycles. The minimum absolute atomic E-state index is 0.0185. The van der Waals surface area contributed by atoms with Gasteiger partial charge in [0.15, 0.2) is 0 Å². The highest BCUT2D eigenvalue weighted by atomic mass is 32.1. The van der Waals surface area contributed by atoms with Gasteiger partial charge in [-0.3, -0.25) is 0 Å². The van der Waals surface area contributed by atoms with Crippen molar-refractivity contribution in [3.8, 4) is 0 Å². The van der Waals surface area contributed by atoms with Gasteiger partial charge in [-0.25, -0.2) is 4.79 Å². The van der Waals surface area contributed by atoms with E-state index < -0.39 is 11.8 Å². The molecule has 0 spiro atoms. The number of hydrogen-bond donors (Lipinski definition) is 3. The lowest BCUT2D eigenvalue weighted by atomic mass is 10.1. The molecule has 0 aromatic carbocycles. The SMILES string of the molecule is O=C(O)C(O)(O)c1ccsc1.